The molecular formula is C12H5ClF4N4. The lowest BCUT2D eigenvalue weighted by Crippen LogP contribution is -2.09. The highest BCUT2D eigenvalue weighted by Crippen LogP contribution is 2.34. The number of aromatic nitrogens is 2. The summed E-state index contributed by atoms with van der Waals surface area (Å²) in [6.45, 7) is 0. The van der Waals surface area contributed by atoms with Gasteiger partial charge in [-0.1, -0.05) is 0 Å². The molecule has 0 unspecified atom stereocenters. The first-order chi connectivity index (χ1) is 9.81. The summed E-state index contributed by atoms with van der Waals surface area (Å²) < 4.78 is 51.8. The zero-order valence-corrected chi connectivity index (χ0v) is 10.8. The van der Waals surface area contributed by atoms with Crippen molar-refractivity contribution in [1.29, 1.82) is 5.26 Å². The Morgan fingerprint density at radius 2 is 2.00 bits per heavy atom. The maximum absolute atomic E-state index is 13.4. The van der Waals surface area contributed by atoms with Crippen molar-refractivity contribution in [2.45, 2.75) is 6.18 Å². The first-order valence-electron chi connectivity index (χ1n) is 5.37. The lowest BCUT2D eigenvalue weighted by Gasteiger charge is -2.12. The third-order valence-corrected chi connectivity index (χ3v) is 2.60. The van der Waals surface area contributed by atoms with Crippen molar-refractivity contribution in [1.82, 2.24) is 9.97 Å². The van der Waals surface area contributed by atoms with E-state index in [0.29, 0.717) is 6.07 Å². The highest BCUT2D eigenvalue weighted by molar-refractivity contribution is 6.28. The molecule has 0 aliphatic heterocycles. The molecular weight excluding hydrogens is 312 g/mol. The molecule has 1 N–H and O–H groups in total. The molecule has 0 radical (unpaired) electrons. The molecule has 108 valence electrons. The SMILES string of the molecule is N#Cc1ccc(Nc2nc(Cl)ncc2F)cc1C(F)(F)F. The molecule has 0 saturated carbocycles. The second-order valence-electron chi connectivity index (χ2n) is 3.83. The fourth-order valence-corrected chi connectivity index (χ4v) is 1.66. The van der Waals surface area contributed by atoms with E-state index in [4.69, 9.17) is 16.9 Å². The average Bonchev–Trinajstić information content (AvgIpc) is 2.42. The molecule has 1 aromatic heterocycles. The van der Waals surface area contributed by atoms with Crippen LogP contribution in [0.3, 0.4) is 0 Å². The maximum Gasteiger partial charge on any atom is 0.417 e. The van der Waals surface area contributed by atoms with Gasteiger partial charge in [0.1, 0.15) is 0 Å². The Morgan fingerprint density at radius 3 is 2.62 bits per heavy atom. The highest BCUT2D eigenvalue weighted by Gasteiger charge is 2.33. The van der Waals surface area contributed by atoms with Crippen LogP contribution >= 0.6 is 11.6 Å². The maximum atomic E-state index is 13.4. The number of alkyl halides is 3. The second-order valence-corrected chi connectivity index (χ2v) is 4.17. The van der Waals surface area contributed by atoms with Crippen LogP contribution in [0.25, 0.3) is 0 Å². The van der Waals surface area contributed by atoms with Crippen molar-refractivity contribution >= 4 is 23.1 Å². The minimum absolute atomic E-state index is 0.0880. The van der Waals surface area contributed by atoms with E-state index in [1.807, 2.05) is 0 Å². The monoisotopic (exact) mass is 316 g/mol. The van der Waals surface area contributed by atoms with Gasteiger partial charge in [-0.05, 0) is 29.8 Å². The molecule has 9 heteroatoms. The number of nitrogens with one attached hydrogen (secondary N) is 1. The number of hydrogen-bond acceptors (Lipinski definition) is 4. The molecule has 0 amide bonds. The van der Waals surface area contributed by atoms with Crippen molar-refractivity contribution in [2.24, 2.45) is 0 Å². The lowest BCUT2D eigenvalue weighted by molar-refractivity contribution is -0.137. The Kier molecular flexibility index (Phi) is 3.95. The molecule has 2 rings (SSSR count). The Morgan fingerprint density at radius 1 is 1.29 bits per heavy atom. The number of nitriles is 1. The molecule has 4 nitrogen and oxygen atoms in total. The molecule has 0 saturated heterocycles. The summed E-state index contributed by atoms with van der Waals surface area (Å²) in [5.41, 5.74) is -1.75. The summed E-state index contributed by atoms with van der Waals surface area (Å²) in [6, 6.07) is 4.31. The second kappa shape index (κ2) is 5.54. The van der Waals surface area contributed by atoms with E-state index < -0.39 is 23.1 Å². The molecule has 0 spiro atoms. The summed E-state index contributed by atoms with van der Waals surface area (Å²) in [5.74, 6) is -1.25. The Hall–Kier alpha value is -2.40. The van der Waals surface area contributed by atoms with Gasteiger partial charge in [-0.25, -0.2) is 9.37 Å². The van der Waals surface area contributed by atoms with Gasteiger partial charge in [-0.3, -0.25) is 0 Å². The van der Waals surface area contributed by atoms with Gasteiger partial charge >= 0.3 is 6.18 Å². The molecule has 21 heavy (non-hydrogen) atoms. The topological polar surface area (TPSA) is 61.6 Å². The fraction of sp³-hybridized carbons (Fsp3) is 0.0833. The zero-order valence-electron chi connectivity index (χ0n) is 10.0. The van der Waals surface area contributed by atoms with E-state index in [1.54, 1.807) is 0 Å². The van der Waals surface area contributed by atoms with E-state index in [-0.39, 0.29) is 16.8 Å². The predicted octanol–water partition coefficient (Wildman–Crippen LogP) is 3.90. The summed E-state index contributed by atoms with van der Waals surface area (Å²) in [6.07, 6.45) is -3.92. The Labute approximate surface area is 121 Å². The van der Waals surface area contributed by atoms with Crippen LogP contribution in [0.1, 0.15) is 11.1 Å². The number of hydrogen-bond donors (Lipinski definition) is 1. The van der Waals surface area contributed by atoms with Gasteiger partial charge in [0.05, 0.1) is 23.4 Å². The predicted molar refractivity (Wildman–Crippen MR) is 66.4 cm³/mol. The lowest BCUT2D eigenvalue weighted by atomic mass is 10.1. The molecule has 0 bridgehead atoms. The summed E-state index contributed by atoms with van der Waals surface area (Å²) in [4.78, 5) is 6.91. The molecule has 1 heterocycles. The van der Waals surface area contributed by atoms with E-state index in [2.05, 4.69) is 15.3 Å². The van der Waals surface area contributed by atoms with Crippen molar-refractivity contribution in [3.8, 4) is 6.07 Å². The van der Waals surface area contributed by atoms with Crippen molar-refractivity contribution < 1.29 is 17.6 Å². The quantitative estimate of drug-likeness (QED) is 0.674. The van der Waals surface area contributed by atoms with Gasteiger partial charge < -0.3 is 5.32 Å². The van der Waals surface area contributed by atoms with Crippen LogP contribution in [-0.2, 0) is 6.18 Å². The van der Waals surface area contributed by atoms with Gasteiger partial charge in [0, 0.05) is 5.69 Å². The molecule has 0 fully saturated rings. The van der Waals surface area contributed by atoms with E-state index in [1.165, 1.54) is 12.1 Å². The number of benzene rings is 1. The first kappa shape index (κ1) is 15.0. The number of rotatable bonds is 2. The van der Waals surface area contributed by atoms with E-state index in [0.717, 1.165) is 12.3 Å². The van der Waals surface area contributed by atoms with E-state index >= 15 is 0 Å². The van der Waals surface area contributed by atoms with Crippen LogP contribution in [0.4, 0.5) is 29.1 Å². The number of halogens is 5. The van der Waals surface area contributed by atoms with Crippen LogP contribution < -0.4 is 5.32 Å². The minimum Gasteiger partial charge on any atom is -0.338 e. The van der Waals surface area contributed by atoms with Gasteiger partial charge in [-0.15, -0.1) is 0 Å². The van der Waals surface area contributed by atoms with Gasteiger partial charge in [0.2, 0.25) is 5.28 Å². The molecule has 0 atom stereocenters. The summed E-state index contributed by atoms with van der Waals surface area (Å²) >= 11 is 5.48. The van der Waals surface area contributed by atoms with Gasteiger partial charge in [-0.2, -0.15) is 23.4 Å². The fourth-order valence-electron chi connectivity index (χ4n) is 1.52. The zero-order chi connectivity index (χ0) is 15.6. The number of anilines is 2. The van der Waals surface area contributed by atoms with Crippen LogP contribution in [0, 0.1) is 17.1 Å². The standard InChI is InChI=1S/C12H5ClF4N4/c13-11-19-5-9(14)10(21-11)20-7-2-1-6(4-18)8(3-7)12(15,16)17/h1-3,5H,(H,19,20,21). The van der Waals surface area contributed by atoms with Crippen molar-refractivity contribution in [3.05, 3.63) is 46.6 Å². The van der Waals surface area contributed by atoms with Crippen LogP contribution in [0.15, 0.2) is 24.4 Å². The average molecular weight is 317 g/mol. The Bertz CT molecular complexity index is 724. The Balaban J connectivity index is 2.42. The first-order valence-corrected chi connectivity index (χ1v) is 5.75. The van der Waals surface area contributed by atoms with Crippen molar-refractivity contribution in [3.63, 3.8) is 0 Å². The third-order valence-electron chi connectivity index (χ3n) is 2.42. The molecule has 0 aliphatic rings. The van der Waals surface area contributed by atoms with Crippen LogP contribution in [0.2, 0.25) is 5.28 Å². The van der Waals surface area contributed by atoms with Crippen molar-refractivity contribution in [2.75, 3.05) is 5.32 Å². The molecule has 1 aromatic carbocycles. The molecule has 2 aromatic rings. The highest BCUT2D eigenvalue weighted by atomic mass is 35.5. The van der Waals surface area contributed by atoms with Crippen LogP contribution in [0.5, 0.6) is 0 Å². The number of nitrogens with zero attached hydrogens (tertiary/aromatic N) is 3. The summed E-state index contributed by atoms with van der Waals surface area (Å²) in [5, 5.41) is 10.8. The smallest absolute Gasteiger partial charge is 0.338 e. The molecule has 0 aliphatic carbocycles. The third kappa shape index (κ3) is 3.38. The summed E-state index contributed by atoms with van der Waals surface area (Å²) in [7, 11) is 0. The normalized spacial score (nSPS) is 11.0. The van der Waals surface area contributed by atoms with Gasteiger partial charge in [0.25, 0.3) is 0 Å². The van der Waals surface area contributed by atoms with E-state index in [9.17, 15) is 17.6 Å². The minimum atomic E-state index is -4.70. The van der Waals surface area contributed by atoms with Gasteiger partial charge in [0.15, 0.2) is 11.6 Å². The van der Waals surface area contributed by atoms with Crippen LogP contribution in [-0.4, -0.2) is 9.97 Å². The largest absolute Gasteiger partial charge is 0.417 e.